The molecule has 12 aromatic rings. The van der Waals surface area contributed by atoms with E-state index < -0.39 is 0 Å². The van der Waals surface area contributed by atoms with Crippen LogP contribution in [0.3, 0.4) is 0 Å². The summed E-state index contributed by atoms with van der Waals surface area (Å²) in [5.41, 5.74) is 6.34. The van der Waals surface area contributed by atoms with Crippen LogP contribution in [0.2, 0.25) is 15.1 Å². The van der Waals surface area contributed by atoms with Gasteiger partial charge in [0.15, 0.2) is 26.9 Å². The number of hydrogen-bond acceptors (Lipinski definition) is 11. The molecular weight excluding hydrogens is 1170 g/mol. The molecule has 0 aliphatic carbocycles. The van der Waals surface area contributed by atoms with Crippen LogP contribution in [0.1, 0.15) is 73.2 Å². The summed E-state index contributed by atoms with van der Waals surface area (Å²) in [6.07, 6.45) is 16.1. The summed E-state index contributed by atoms with van der Waals surface area (Å²) >= 11 is 23.0. The summed E-state index contributed by atoms with van der Waals surface area (Å²) in [5.74, 6) is 0.953. The standard InChI is InChI=1S/C22H20ClN3OS.C21H20ClN3O2S.C20H18ClN3O2S/c1-16-14-18(23)15-19-20(16)24-22(28-19)26(13-7-12-25-10-5-6-11-25)21(27)17-8-3-2-4-9-17;1-14-12-16(22)13-18-19(14)23-21(28-18)25(11-5-10-24-8-3-4-9-24)20(26)17-7-6-15(2)27-17;1-14-12-15(21)13-17-18(14)22-20(27-17)24(19(25)16-6-4-11-26-16)10-5-9-23-7-2-3-8-23/h2-6,8-11,14-15H,7,12-13H2,1H3;3-4,6-9,12-13H,5,10-11H2,1-2H3;2-4,6-8,11-13H,5,9-10H2,1H3. The third-order valence-corrected chi connectivity index (χ3v) is 17.2. The molecule has 4 aromatic carbocycles. The number of anilines is 3. The lowest BCUT2D eigenvalue weighted by molar-refractivity contribution is 0.0952. The normalized spacial score (nSPS) is 11.2. The zero-order valence-corrected chi connectivity index (χ0v) is 50.7. The van der Waals surface area contributed by atoms with Crippen molar-refractivity contribution < 1.29 is 23.2 Å². The van der Waals surface area contributed by atoms with Gasteiger partial charge in [0, 0.05) is 97.1 Å². The lowest BCUT2D eigenvalue weighted by atomic mass is 10.2. The molecule has 0 unspecified atom stereocenters. The van der Waals surface area contributed by atoms with Gasteiger partial charge in [0.05, 0.1) is 36.9 Å². The molecule has 0 saturated heterocycles. The Hall–Kier alpha value is -7.77. The van der Waals surface area contributed by atoms with Crippen molar-refractivity contribution in [2.75, 3.05) is 34.3 Å². The van der Waals surface area contributed by atoms with Crippen LogP contribution in [0.25, 0.3) is 30.6 Å². The zero-order chi connectivity index (χ0) is 58.0. The average molecular weight is 1220 g/mol. The quantitative estimate of drug-likeness (QED) is 0.0827. The van der Waals surface area contributed by atoms with E-state index in [1.807, 2.05) is 168 Å². The number of furan rings is 2. The number of amides is 3. The van der Waals surface area contributed by atoms with Gasteiger partial charge in [-0.15, -0.1) is 0 Å². The fraction of sp³-hybridized carbons (Fsp3) is 0.206. The Kier molecular flexibility index (Phi) is 19.1. The van der Waals surface area contributed by atoms with Gasteiger partial charge in [0.25, 0.3) is 17.7 Å². The van der Waals surface area contributed by atoms with Crippen molar-refractivity contribution in [3.05, 3.63) is 225 Å². The third kappa shape index (κ3) is 14.5. The van der Waals surface area contributed by atoms with Crippen LogP contribution in [0.5, 0.6) is 0 Å². The Morgan fingerprint density at radius 1 is 0.458 bits per heavy atom. The predicted molar refractivity (Wildman–Crippen MR) is 339 cm³/mol. The highest BCUT2D eigenvalue weighted by Gasteiger charge is 2.26. The van der Waals surface area contributed by atoms with E-state index in [-0.39, 0.29) is 17.7 Å². The molecule has 0 atom stereocenters. The Morgan fingerprint density at radius 2 is 0.843 bits per heavy atom. The van der Waals surface area contributed by atoms with Crippen LogP contribution < -0.4 is 14.7 Å². The topological polar surface area (TPSA) is 141 Å². The Bertz CT molecular complexity index is 4100. The van der Waals surface area contributed by atoms with Crippen LogP contribution in [0.4, 0.5) is 15.4 Å². The van der Waals surface area contributed by atoms with Gasteiger partial charge in [-0.3, -0.25) is 29.1 Å². The summed E-state index contributed by atoms with van der Waals surface area (Å²) < 4.78 is 20.2. The third-order valence-electron chi connectivity index (χ3n) is 13.4. The molecule has 14 nitrogen and oxygen atoms in total. The summed E-state index contributed by atoms with van der Waals surface area (Å²) in [4.78, 5) is 58.8. The predicted octanol–water partition coefficient (Wildman–Crippen LogP) is 16.9. The Balaban J connectivity index is 0.000000139. The van der Waals surface area contributed by atoms with Gasteiger partial charge in [-0.05, 0) is 173 Å². The zero-order valence-electron chi connectivity index (χ0n) is 46.0. The molecule has 8 aromatic heterocycles. The number of benzene rings is 4. The number of hydrogen-bond donors (Lipinski definition) is 0. The maximum absolute atomic E-state index is 13.2. The molecule has 0 radical (unpaired) electrons. The molecule has 0 bridgehead atoms. The summed E-state index contributed by atoms with van der Waals surface area (Å²) in [6.45, 7) is 12.0. The maximum atomic E-state index is 13.2. The highest BCUT2D eigenvalue weighted by molar-refractivity contribution is 7.23. The number of aryl methyl sites for hydroxylation is 7. The number of carbonyl (C=O) groups excluding carboxylic acids is 3. The fourth-order valence-electron chi connectivity index (χ4n) is 9.37. The molecular formula is C63H58Cl3N9O5S3. The number of nitrogens with zero attached hydrogens (tertiary/aromatic N) is 9. The van der Waals surface area contributed by atoms with Gasteiger partial charge >= 0.3 is 0 Å². The number of fused-ring (bicyclic) bond motifs is 3. The lowest BCUT2D eigenvalue weighted by Gasteiger charge is -2.20. The van der Waals surface area contributed by atoms with Crippen molar-refractivity contribution in [1.82, 2.24) is 28.7 Å². The van der Waals surface area contributed by atoms with Gasteiger partial charge in [-0.1, -0.05) is 87.0 Å². The van der Waals surface area contributed by atoms with E-state index in [1.54, 1.807) is 39.0 Å². The Labute approximate surface area is 507 Å². The molecule has 0 spiro atoms. The molecule has 0 N–H and O–H groups in total. The van der Waals surface area contributed by atoms with E-state index in [0.717, 1.165) is 86.2 Å². The summed E-state index contributed by atoms with van der Waals surface area (Å²) in [5, 5.41) is 4.06. The average Bonchev–Trinajstić information content (AvgIpc) is 3.32. The number of halogens is 3. The lowest BCUT2D eigenvalue weighted by Crippen LogP contribution is -2.32. The minimum Gasteiger partial charge on any atom is -0.459 e. The highest BCUT2D eigenvalue weighted by Crippen LogP contribution is 2.37. The van der Waals surface area contributed by atoms with Crippen molar-refractivity contribution in [2.45, 2.75) is 66.6 Å². The van der Waals surface area contributed by atoms with Crippen molar-refractivity contribution >= 4 is 133 Å². The second-order valence-corrected chi connectivity index (χ2v) is 24.0. The first-order chi connectivity index (χ1) is 40.2. The second-order valence-electron chi connectivity index (χ2n) is 19.6. The summed E-state index contributed by atoms with van der Waals surface area (Å²) in [7, 11) is 0. The molecule has 8 heterocycles. The van der Waals surface area contributed by atoms with Crippen LogP contribution >= 0.6 is 68.8 Å². The van der Waals surface area contributed by atoms with Gasteiger partial charge in [0.2, 0.25) is 0 Å². The monoisotopic (exact) mass is 1220 g/mol. The largest absolute Gasteiger partial charge is 0.459 e. The SMILES string of the molecule is Cc1cc(Cl)cc2sc(N(CCCn3cccc3)C(=O)c3ccccc3)nc12.Cc1cc(Cl)cc2sc(N(CCCn3cccc3)C(=O)c3ccco3)nc12.Cc1ccc(C(=O)N(CCCn2cccc2)c2nc3c(C)cc(Cl)cc3s2)o1. The highest BCUT2D eigenvalue weighted by atomic mass is 35.5. The molecule has 0 fully saturated rings. The van der Waals surface area contributed by atoms with E-state index >= 15 is 0 Å². The van der Waals surface area contributed by atoms with E-state index in [1.165, 1.54) is 40.3 Å². The van der Waals surface area contributed by atoms with Crippen molar-refractivity contribution in [3.63, 3.8) is 0 Å². The molecule has 83 heavy (non-hydrogen) atoms. The van der Waals surface area contributed by atoms with Crippen LogP contribution in [0, 0.1) is 27.7 Å². The second kappa shape index (κ2) is 27.1. The molecule has 0 aliphatic heterocycles. The van der Waals surface area contributed by atoms with Crippen molar-refractivity contribution in [3.8, 4) is 0 Å². The van der Waals surface area contributed by atoms with E-state index in [9.17, 15) is 14.4 Å². The van der Waals surface area contributed by atoms with Crippen molar-refractivity contribution in [1.29, 1.82) is 0 Å². The van der Waals surface area contributed by atoms with E-state index in [4.69, 9.17) is 58.6 Å². The minimum absolute atomic E-state index is 0.0316. The molecule has 3 amide bonds. The van der Waals surface area contributed by atoms with E-state index in [0.29, 0.717) is 72.9 Å². The maximum Gasteiger partial charge on any atom is 0.295 e. The number of rotatable bonds is 18. The van der Waals surface area contributed by atoms with Gasteiger partial charge in [-0.2, -0.15) is 0 Å². The number of carbonyl (C=O) groups is 3. The number of thiazole rings is 3. The first-order valence-corrected chi connectivity index (χ1v) is 30.5. The smallest absolute Gasteiger partial charge is 0.295 e. The number of aromatic nitrogens is 6. The molecule has 0 saturated carbocycles. The molecule has 20 heteroatoms. The Morgan fingerprint density at radius 3 is 1.20 bits per heavy atom. The van der Waals surface area contributed by atoms with Gasteiger partial charge in [-0.25, -0.2) is 15.0 Å². The van der Waals surface area contributed by atoms with Crippen LogP contribution in [0.15, 0.2) is 180 Å². The minimum atomic E-state index is -0.185. The fourth-order valence-corrected chi connectivity index (χ4v) is 13.7. The molecule has 424 valence electrons. The van der Waals surface area contributed by atoms with Crippen molar-refractivity contribution in [2.24, 2.45) is 0 Å². The van der Waals surface area contributed by atoms with Gasteiger partial charge in [0.1, 0.15) is 5.76 Å². The van der Waals surface area contributed by atoms with E-state index in [2.05, 4.69) is 13.7 Å². The first kappa shape index (κ1) is 58.4. The first-order valence-electron chi connectivity index (χ1n) is 26.9. The molecule has 0 aliphatic rings. The van der Waals surface area contributed by atoms with Crippen LogP contribution in [-0.2, 0) is 19.6 Å². The summed E-state index contributed by atoms with van der Waals surface area (Å²) in [6, 6.07) is 39.6. The van der Waals surface area contributed by atoms with Gasteiger partial charge < -0.3 is 22.5 Å². The molecule has 12 rings (SSSR count). The van der Waals surface area contributed by atoms with Crippen LogP contribution in [-0.4, -0.2) is 66.0 Å².